The van der Waals surface area contributed by atoms with Gasteiger partial charge in [-0.15, -0.1) is 23.1 Å². The summed E-state index contributed by atoms with van der Waals surface area (Å²) in [5, 5.41) is 16.7. The molecule has 0 bridgehead atoms. The second-order valence-corrected chi connectivity index (χ2v) is 10.9. The summed E-state index contributed by atoms with van der Waals surface area (Å²) in [4.78, 5) is 11.5. The average Bonchev–Trinajstić information content (AvgIpc) is 3.20. The van der Waals surface area contributed by atoms with Crippen LogP contribution >= 0.6 is 23.1 Å². The molecule has 0 aliphatic rings. The number of nitrogens with two attached hydrogens (primary N) is 1. The third-order valence-electron chi connectivity index (χ3n) is 4.71. The van der Waals surface area contributed by atoms with Crippen molar-refractivity contribution in [3.63, 3.8) is 0 Å². The highest BCUT2D eigenvalue weighted by atomic mass is 32.2. The summed E-state index contributed by atoms with van der Waals surface area (Å²) in [6.07, 6.45) is 1.76. The van der Waals surface area contributed by atoms with E-state index >= 15 is 0 Å². The highest BCUT2D eigenvalue weighted by molar-refractivity contribution is 8.01. The number of thioether (sulfide) groups is 1. The Morgan fingerprint density at radius 1 is 1.19 bits per heavy atom. The van der Waals surface area contributed by atoms with Gasteiger partial charge in [-0.2, -0.15) is 0 Å². The number of thiophene rings is 1. The maximum Gasteiger partial charge on any atom is 0.329 e. The fourth-order valence-corrected chi connectivity index (χ4v) is 7.40. The van der Waals surface area contributed by atoms with Crippen molar-refractivity contribution in [2.45, 2.75) is 27.5 Å². The van der Waals surface area contributed by atoms with Gasteiger partial charge in [-0.1, -0.05) is 36.4 Å². The summed E-state index contributed by atoms with van der Waals surface area (Å²) in [6, 6.07) is 14.0. The molecule has 0 radical (unpaired) electrons. The molecule has 1 heterocycles. The third kappa shape index (κ3) is 4.88. The molecule has 0 aliphatic heterocycles. The van der Waals surface area contributed by atoms with Crippen molar-refractivity contribution in [1.82, 2.24) is 0 Å². The normalized spacial score (nSPS) is 11.4. The number of aliphatic carboxylic acids is 1. The van der Waals surface area contributed by atoms with Crippen LogP contribution in [-0.4, -0.2) is 38.2 Å². The van der Waals surface area contributed by atoms with Gasteiger partial charge in [-0.3, -0.25) is 5.41 Å². The number of ether oxygens (including phenoxy) is 1. The van der Waals surface area contributed by atoms with Crippen LogP contribution in [0.2, 0.25) is 0 Å². The lowest BCUT2D eigenvalue weighted by Gasteiger charge is -2.18. The van der Waals surface area contributed by atoms with Gasteiger partial charge >= 0.3 is 5.97 Å². The first-order chi connectivity index (χ1) is 15.2. The maximum absolute atomic E-state index is 13.8. The summed E-state index contributed by atoms with van der Waals surface area (Å²) in [7, 11) is -4.01. The van der Waals surface area contributed by atoms with E-state index in [1.807, 2.05) is 37.3 Å². The Labute approximate surface area is 194 Å². The zero-order valence-electron chi connectivity index (χ0n) is 17.4. The minimum absolute atomic E-state index is 0.0375. The number of sulfone groups is 1. The van der Waals surface area contributed by atoms with E-state index in [0.717, 1.165) is 22.5 Å². The van der Waals surface area contributed by atoms with Crippen molar-refractivity contribution < 1.29 is 23.1 Å². The first-order valence-corrected chi connectivity index (χ1v) is 12.9. The van der Waals surface area contributed by atoms with Crippen LogP contribution in [0.25, 0.3) is 11.1 Å². The number of hydrogen-bond acceptors (Lipinski definition) is 7. The molecule has 10 heteroatoms. The van der Waals surface area contributed by atoms with Crippen LogP contribution in [0, 0.1) is 12.3 Å². The molecule has 1 aromatic heterocycles. The standard InChI is InChI=1S/C22H22N2O5S3/c1-13-8-9-17(32(27,28)18-10-16(21(23)24)31-22(18)30-2)15(11-29-12-19(25)26)20(13)14-6-4-3-5-7-14/h3-10H,11-12H2,1-2H3,(H3,23,24)(H,25,26). The second kappa shape index (κ2) is 9.86. The van der Waals surface area contributed by atoms with E-state index in [2.05, 4.69) is 0 Å². The minimum Gasteiger partial charge on any atom is -0.480 e. The van der Waals surface area contributed by atoms with Crippen molar-refractivity contribution in [2.24, 2.45) is 5.73 Å². The third-order valence-corrected chi connectivity index (χ3v) is 9.13. The van der Waals surface area contributed by atoms with Gasteiger partial charge in [-0.05, 0) is 42.0 Å². The molecular formula is C22H22N2O5S3. The first-order valence-electron chi connectivity index (χ1n) is 9.41. The Morgan fingerprint density at radius 3 is 2.47 bits per heavy atom. The number of carboxylic acid groups (broad SMARTS) is 1. The number of nitrogens with one attached hydrogen (secondary N) is 1. The fourth-order valence-electron chi connectivity index (χ4n) is 3.33. The van der Waals surface area contributed by atoms with Crippen LogP contribution in [-0.2, 0) is 26.0 Å². The lowest BCUT2D eigenvalue weighted by atomic mass is 9.95. The van der Waals surface area contributed by atoms with Crippen LogP contribution < -0.4 is 5.73 Å². The summed E-state index contributed by atoms with van der Waals surface area (Å²) in [5.41, 5.74) is 8.30. The maximum atomic E-state index is 13.8. The van der Waals surface area contributed by atoms with Gasteiger partial charge in [0.05, 0.1) is 25.5 Å². The Morgan fingerprint density at radius 2 is 1.88 bits per heavy atom. The molecule has 0 unspecified atom stereocenters. The van der Waals surface area contributed by atoms with Crippen LogP contribution in [0.3, 0.4) is 0 Å². The van der Waals surface area contributed by atoms with E-state index in [-0.39, 0.29) is 22.2 Å². The van der Waals surface area contributed by atoms with Crippen LogP contribution in [0.15, 0.2) is 62.5 Å². The number of nitrogen functional groups attached to an aromatic ring is 1. The number of benzene rings is 2. The molecule has 0 spiro atoms. The van der Waals surface area contributed by atoms with Crippen molar-refractivity contribution >= 4 is 44.7 Å². The lowest BCUT2D eigenvalue weighted by Crippen LogP contribution is -2.12. The van der Waals surface area contributed by atoms with E-state index in [1.54, 1.807) is 12.3 Å². The van der Waals surface area contributed by atoms with E-state index in [9.17, 15) is 13.2 Å². The van der Waals surface area contributed by atoms with Gasteiger partial charge < -0.3 is 15.6 Å². The van der Waals surface area contributed by atoms with Gasteiger partial charge in [-0.25, -0.2) is 13.2 Å². The number of rotatable bonds is 9. The van der Waals surface area contributed by atoms with E-state index in [0.29, 0.717) is 20.2 Å². The molecule has 0 saturated carbocycles. The highest BCUT2D eigenvalue weighted by Crippen LogP contribution is 2.40. The Hall–Kier alpha value is -2.66. The summed E-state index contributed by atoms with van der Waals surface area (Å²) < 4.78 is 33.4. The average molecular weight is 491 g/mol. The largest absolute Gasteiger partial charge is 0.480 e. The molecular weight excluding hydrogens is 468 g/mol. The molecule has 0 fully saturated rings. The topological polar surface area (TPSA) is 131 Å². The molecule has 0 saturated heterocycles. The zero-order chi connectivity index (χ0) is 23.5. The van der Waals surface area contributed by atoms with Crippen molar-refractivity contribution in [1.29, 1.82) is 5.41 Å². The van der Waals surface area contributed by atoms with Crippen molar-refractivity contribution in [3.8, 4) is 11.1 Å². The minimum atomic E-state index is -4.01. The molecule has 2 aromatic carbocycles. The Bertz CT molecular complexity index is 1270. The van der Waals surface area contributed by atoms with Crippen molar-refractivity contribution in [3.05, 3.63) is 64.5 Å². The number of amidine groups is 1. The molecule has 4 N–H and O–H groups in total. The molecule has 168 valence electrons. The Balaban J connectivity index is 2.25. The monoisotopic (exact) mass is 490 g/mol. The van der Waals surface area contributed by atoms with E-state index in [4.69, 9.17) is 21.0 Å². The predicted octanol–water partition coefficient (Wildman–Crippen LogP) is 4.16. The van der Waals surface area contributed by atoms with E-state index in [1.165, 1.54) is 23.9 Å². The number of hydrogen-bond donors (Lipinski definition) is 3. The molecule has 3 aromatic rings. The summed E-state index contributed by atoms with van der Waals surface area (Å²) in [6.45, 7) is 1.13. The van der Waals surface area contributed by atoms with Crippen LogP contribution in [0.5, 0.6) is 0 Å². The Kier molecular flexibility index (Phi) is 7.40. The molecule has 0 atom stereocenters. The molecule has 0 amide bonds. The van der Waals surface area contributed by atoms with E-state index < -0.39 is 22.4 Å². The second-order valence-electron chi connectivity index (χ2n) is 6.87. The fraction of sp³-hybridized carbons (Fsp3) is 0.182. The van der Waals surface area contributed by atoms with Crippen LogP contribution in [0.4, 0.5) is 0 Å². The number of aryl methyl sites for hydroxylation is 1. The molecule has 0 aliphatic carbocycles. The summed E-state index contributed by atoms with van der Waals surface area (Å²) >= 11 is 2.41. The first kappa shape index (κ1) is 24.0. The smallest absolute Gasteiger partial charge is 0.329 e. The van der Waals surface area contributed by atoms with Gasteiger partial charge in [0, 0.05) is 5.56 Å². The SMILES string of the molecule is CSc1sc(C(=N)N)cc1S(=O)(=O)c1ccc(C)c(-c2ccccc2)c1COCC(=O)O. The van der Waals surface area contributed by atoms with Gasteiger partial charge in [0.15, 0.2) is 0 Å². The zero-order valence-corrected chi connectivity index (χ0v) is 19.9. The highest BCUT2D eigenvalue weighted by Gasteiger charge is 2.29. The summed E-state index contributed by atoms with van der Waals surface area (Å²) in [5.74, 6) is -1.34. The van der Waals surface area contributed by atoms with Gasteiger partial charge in [0.2, 0.25) is 9.84 Å². The van der Waals surface area contributed by atoms with Gasteiger partial charge in [0.1, 0.15) is 12.4 Å². The predicted molar refractivity (Wildman–Crippen MR) is 126 cm³/mol. The van der Waals surface area contributed by atoms with Gasteiger partial charge in [0.25, 0.3) is 0 Å². The number of carbonyl (C=O) groups is 1. The molecule has 32 heavy (non-hydrogen) atoms. The quantitative estimate of drug-likeness (QED) is 0.233. The lowest BCUT2D eigenvalue weighted by molar-refractivity contribution is -0.142. The van der Waals surface area contributed by atoms with Crippen LogP contribution in [0.1, 0.15) is 16.0 Å². The van der Waals surface area contributed by atoms with Crippen molar-refractivity contribution in [2.75, 3.05) is 12.9 Å². The number of carboxylic acids is 1. The molecule has 7 nitrogen and oxygen atoms in total. The molecule has 3 rings (SSSR count).